The highest BCUT2D eigenvalue weighted by atomic mass is 32.1. The molecule has 1 heterocycles. The summed E-state index contributed by atoms with van der Waals surface area (Å²) in [5, 5.41) is 7.98. The average molecular weight is 296 g/mol. The molecule has 1 saturated carbocycles. The predicted molar refractivity (Wildman–Crippen MR) is 86.3 cm³/mol. The Morgan fingerprint density at radius 1 is 1.40 bits per heavy atom. The number of hydrogen-bond donors (Lipinski definition) is 1. The Hall–Kier alpha value is -0.420. The first-order valence-corrected chi connectivity index (χ1v) is 8.77. The first kappa shape index (κ1) is 16.0. The lowest BCUT2D eigenvalue weighted by Gasteiger charge is -2.21. The maximum absolute atomic E-state index is 5.54. The molecule has 0 unspecified atom stereocenters. The molecule has 0 saturated heterocycles. The maximum Gasteiger partial charge on any atom is 0.0518 e. The summed E-state index contributed by atoms with van der Waals surface area (Å²) in [6.07, 6.45) is 4.22. The van der Waals surface area contributed by atoms with Gasteiger partial charge in [0.1, 0.15) is 0 Å². The van der Waals surface area contributed by atoms with E-state index in [0.29, 0.717) is 6.10 Å². The zero-order chi connectivity index (χ0) is 14.2. The highest BCUT2D eigenvalue weighted by Gasteiger charge is 2.28. The average Bonchev–Trinajstić information content (AvgIpc) is 3.14. The van der Waals surface area contributed by atoms with Crippen molar-refractivity contribution < 1.29 is 4.74 Å². The van der Waals surface area contributed by atoms with Crippen LogP contribution in [0.1, 0.15) is 38.7 Å². The molecule has 4 heteroatoms. The smallest absolute Gasteiger partial charge is 0.0518 e. The van der Waals surface area contributed by atoms with Crippen LogP contribution in [-0.2, 0) is 11.3 Å². The number of ether oxygens (including phenoxy) is 1. The molecule has 0 spiro atoms. The Morgan fingerprint density at radius 2 is 2.25 bits per heavy atom. The van der Waals surface area contributed by atoms with Crippen LogP contribution < -0.4 is 5.32 Å². The van der Waals surface area contributed by atoms with Gasteiger partial charge in [0, 0.05) is 32.3 Å². The van der Waals surface area contributed by atoms with Gasteiger partial charge in [0.15, 0.2) is 0 Å². The first-order chi connectivity index (χ1) is 9.75. The Bertz CT molecular complexity index is 349. The van der Waals surface area contributed by atoms with E-state index in [1.807, 2.05) is 0 Å². The van der Waals surface area contributed by atoms with Crippen molar-refractivity contribution in [2.24, 2.45) is 0 Å². The summed E-state index contributed by atoms with van der Waals surface area (Å²) < 4.78 is 5.54. The molecule has 0 aliphatic heterocycles. The van der Waals surface area contributed by atoms with Crippen LogP contribution in [0.3, 0.4) is 0 Å². The van der Waals surface area contributed by atoms with Gasteiger partial charge in [0.05, 0.1) is 6.10 Å². The summed E-state index contributed by atoms with van der Waals surface area (Å²) in [5.41, 5.74) is 1.47. The highest BCUT2D eigenvalue weighted by Crippen LogP contribution is 2.28. The number of nitrogens with one attached hydrogen (secondary N) is 1. The fraction of sp³-hybridized carbons (Fsp3) is 0.750. The molecular weight excluding hydrogens is 268 g/mol. The molecule has 114 valence electrons. The minimum atomic E-state index is 0.353. The van der Waals surface area contributed by atoms with E-state index in [4.69, 9.17) is 4.74 Å². The molecule has 1 fully saturated rings. The first-order valence-electron chi connectivity index (χ1n) is 7.83. The molecule has 1 aliphatic carbocycles. The fourth-order valence-electron chi connectivity index (χ4n) is 2.31. The Kier molecular flexibility index (Phi) is 7.00. The van der Waals surface area contributed by atoms with Crippen molar-refractivity contribution in [3.05, 3.63) is 22.4 Å². The van der Waals surface area contributed by atoms with Crippen LogP contribution in [0.4, 0.5) is 0 Å². The molecule has 1 aromatic heterocycles. The molecule has 0 aromatic carbocycles. The molecule has 3 nitrogen and oxygen atoms in total. The van der Waals surface area contributed by atoms with Gasteiger partial charge < -0.3 is 10.1 Å². The summed E-state index contributed by atoms with van der Waals surface area (Å²) in [7, 11) is 0. The number of hydrogen-bond acceptors (Lipinski definition) is 4. The summed E-state index contributed by atoms with van der Waals surface area (Å²) in [6.45, 7) is 9.46. The van der Waals surface area contributed by atoms with Crippen molar-refractivity contribution in [3.63, 3.8) is 0 Å². The SMILES string of the molecule is CC(C)OCCCNCCN(Cc1ccsc1)C1CC1. The summed E-state index contributed by atoms with van der Waals surface area (Å²) >= 11 is 1.80. The third-order valence-corrected chi connectivity index (χ3v) is 4.29. The molecule has 20 heavy (non-hydrogen) atoms. The summed E-state index contributed by atoms with van der Waals surface area (Å²) in [4.78, 5) is 2.62. The molecular formula is C16H28N2OS. The van der Waals surface area contributed by atoms with Crippen molar-refractivity contribution in [2.75, 3.05) is 26.2 Å². The molecule has 1 aromatic rings. The van der Waals surface area contributed by atoms with Crippen LogP contribution in [0, 0.1) is 0 Å². The lowest BCUT2D eigenvalue weighted by molar-refractivity contribution is 0.0770. The second-order valence-electron chi connectivity index (χ2n) is 5.86. The minimum Gasteiger partial charge on any atom is -0.379 e. The van der Waals surface area contributed by atoms with Crippen molar-refractivity contribution in [1.29, 1.82) is 0 Å². The predicted octanol–water partition coefficient (Wildman–Crippen LogP) is 3.12. The molecule has 0 amide bonds. The standard InChI is InChI=1S/C16H28N2OS/c1-14(2)19-10-3-7-17-8-9-18(16-4-5-16)12-15-6-11-20-13-15/h6,11,13-14,16-17H,3-5,7-10,12H2,1-2H3. The van der Waals surface area contributed by atoms with E-state index in [0.717, 1.165) is 45.2 Å². The van der Waals surface area contributed by atoms with Crippen molar-refractivity contribution in [3.8, 4) is 0 Å². The molecule has 0 atom stereocenters. The van der Waals surface area contributed by atoms with E-state index in [9.17, 15) is 0 Å². The van der Waals surface area contributed by atoms with Gasteiger partial charge in [-0.2, -0.15) is 11.3 Å². The van der Waals surface area contributed by atoms with Crippen LogP contribution in [0.15, 0.2) is 16.8 Å². The Balaban J connectivity index is 1.54. The number of rotatable bonds is 11. The van der Waals surface area contributed by atoms with Gasteiger partial charge in [0.25, 0.3) is 0 Å². The molecule has 2 rings (SSSR count). The largest absolute Gasteiger partial charge is 0.379 e. The number of thiophene rings is 1. The summed E-state index contributed by atoms with van der Waals surface area (Å²) in [6, 6.07) is 3.08. The monoisotopic (exact) mass is 296 g/mol. The van der Waals surface area contributed by atoms with E-state index in [1.165, 1.54) is 18.4 Å². The third-order valence-electron chi connectivity index (χ3n) is 3.55. The van der Waals surface area contributed by atoms with E-state index < -0.39 is 0 Å². The van der Waals surface area contributed by atoms with E-state index in [-0.39, 0.29) is 0 Å². The van der Waals surface area contributed by atoms with Crippen LogP contribution in [0.2, 0.25) is 0 Å². The zero-order valence-corrected chi connectivity index (χ0v) is 13.6. The molecule has 0 bridgehead atoms. The Labute approximate surface area is 127 Å². The zero-order valence-electron chi connectivity index (χ0n) is 12.8. The topological polar surface area (TPSA) is 24.5 Å². The highest BCUT2D eigenvalue weighted by molar-refractivity contribution is 7.07. The second kappa shape index (κ2) is 8.78. The van der Waals surface area contributed by atoms with Crippen LogP contribution in [0.25, 0.3) is 0 Å². The van der Waals surface area contributed by atoms with Gasteiger partial charge >= 0.3 is 0 Å². The van der Waals surface area contributed by atoms with Crippen LogP contribution >= 0.6 is 11.3 Å². The van der Waals surface area contributed by atoms with Gasteiger partial charge in [-0.05, 0) is 62.0 Å². The van der Waals surface area contributed by atoms with Gasteiger partial charge in [-0.1, -0.05) is 0 Å². The van der Waals surface area contributed by atoms with Crippen molar-refractivity contribution in [1.82, 2.24) is 10.2 Å². The lowest BCUT2D eigenvalue weighted by Crippen LogP contribution is -2.33. The van der Waals surface area contributed by atoms with E-state index in [1.54, 1.807) is 11.3 Å². The van der Waals surface area contributed by atoms with E-state index >= 15 is 0 Å². The van der Waals surface area contributed by atoms with E-state index in [2.05, 4.69) is 40.9 Å². The van der Waals surface area contributed by atoms with Gasteiger partial charge in [0.2, 0.25) is 0 Å². The lowest BCUT2D eigenvalue weighted by atomic mass is 10.3. The van der Waals surface area contributed by atoms with Crippen LogP contribution in [0.5, 0.6) is 0 Å². The van der Waals surface area contributed by atoms with Gasteiger partial charge in [-0.25, -0.2) is 0 Å². The van der Waals surface area contributed by atoms with Crippen molar-refractivity contribution in [2.45, 2.75) is 51.8 Å². The van der Waals surface area contributed by atoms with Gasteiger partial charge in [-0.15, -0.1) is 0 Å². The van der Waals surface area contributed by atoms with Crippen molar-refractivity contribution >= 4 is 11.3 Å². The Morgan fingerprint density at radius 3 is 2.90 bits per heavy atom. The quantitative estimate of drug-likeness (QED) is 0.635. The third kappa shape index (κ3) is 6.35. The molecule has 1 aliphatic rings. The fourth-order valence-corrected chi connectivity index (χ4v) is 2.97. The number of nitrogens with zero attached hydrogens (tertiary/aromatic N) is 1. The minimum absolute atomic E-state index is 0.353. The second-order valence-corrected chi connectivity index (χ2v) is 6.64. The molecule has 1 N–H and O–H groups in total. The maximum atomic E-state index is 5.54. The van der Waals surface area contributed by atoms with Gasteiger partial charge in [-0.3, -0.25) is 4.90 Å². The molecule has 0 radical (unpaired) electrons. The van der Waals surface area contributed by atoms with Crippen LogP contribution in [-0.4, -0.2) is 43.3 Å². The normalized spacial score (nSPS) is 15.4. The summed E-state index contributed by atoms with van der Waals surface area (Å²) in [5.74, 6) is 0.